The Kier molecular flexibility index (Phi) is 5.69. The van der Waals surface area contributed by atoms with E-state index in [4.69, 9.17) is 11.6 Å². The molecular formula is C16H21BrClNO2. The second kappa shape index (κ2) is 7.12. The number of carbonyl (C=O) groups is 1. The number of nitrogens with zero attached hydrogens (tertiary/aromatic N) is 1. The molecule has 2 rings (SSSR count). The van der Waals surface area contributed by atoms with Gasteiger partial charge >= 0.3 is 5.97 Å². The third-order valence-corrected chi connectivity index (χ3v) is 5.71. The summed E-state index contributed by atoms with van der Waals surface area (Å²) in [6, 6.07) is 5.92. The minimum absolute atomic E-state index is 0.216. The Morgan fingerprint density at radius 1 is 1.38 bits per heavy atom. The number of carboxylic acids is 1. The van der Waals surface area contributed by atoms with Crippen molar-refractivity contribution in [1.82, 2.24) is 4.90 Å². The Morgan fingerprint density at radius 2 is 2.05 bits per heavy atom. The molecule has 0 radical (unpaired) electrons. The van der Waals surface area contributed by atoms with Gasteiger partial charge in [0.2, 0.25) is 0 Å². The minimum atomic E-state index is -0.711. The van der Waals surface area contributed by atoms with Gasteiger partial charge in [0.1, 0.15) is 0 Å². The van der Waals surface area contributed by atoms with Crippen molar-refractivity contribution in [2.75, 3.05) is 7.05 Å². The highest BCUT2D eigenvalue weighted by Gasteiger charge is 2.37. The molecule has 116 valence electrons. The largest absolute Gasteiger partial charge is 0.481 e. The Bertz CT molecular complexity index is 515. The van der Waals surface area contributed by atoms with Gasteiger partial charge in [0.25, 0.3) is 0 Å². The first-order valence-electron chi connectivity index (χ1n) is 7.30. The summed E-state index contributed by atoms with van der Waals surface area (Å²) >= 11 is 9.53. The van der Waals surface area contributed by atoms with Crippen LogP contribution in [0.1, 0.15) is 44.1 Å². The molecule has 1 aromatic carbocycles. The topological polar surface area (TPSA) is 40.5 Å². The number of benzene rings is 1. The van der Waals surface area contributed by atoms with Gasteiger partial charge in [-0.15, -0.1) is 0 Å². The van der Waals surface area contributed by atoms with Gasteiger partial charge in [-0.05, 0) is 53.5 Å². The van der Waals surface area contributed by atoms with Crippen LogP contribution in [0, 0.1) is 0 Å². The average molecular weight is 375 g/mol. The van der Waals surface area contributed by atoms with Gasteiger partial charge in [0, 0.05) is 16.6 Å². The fourth-order valence-corrected chi connectivity index (χ4v) is 3.71. The monoisotopic (exact) mass is 373 g/mol. The van der Waals surface area contributed by atoms with Gasteiger partial charge in [0.05, 0.1) is 11.4 Å². The molecule has 0 amide bonds. The first-order valence-corrected chi connectivity index (χ1v) is 8.47. The average Bonchev–Trinajstić information content (AvgIpc) is 2.43. The van der Waals surface area contributed by atoms with Crippen LogP contribution in [0.3, 0.4) is 0 Å². The molecule has 1 aromatic rings. The third kappa shape index (κ3) is 4.21. The zero-order chi connectivity index (χ0) is 15.5. The Labute approximate surface area is 139 Å². The summed E-state index contributed by atoms with van der Waals surface area (Å²) in [5.41, 5.74) is 0.893. The molecule has 1 fully saturated rings. The summed E-state index contributed by atoms with van der Waals surface area (Å²) in [4.78, 5) is 13.5. The third-order valence-electron chi connectivity index (χ3n) is 4.48. The van der Waals surface area contributed by atoms with Crippen LogP contribution in [-0.4, -0.2) is 28.6 Å². The SMILES string of the molecule is CN(Cc1ccc(Br)c(Cl)c1)C1(CC(=O)O)CCCCC1. The molecule has 3 nitrogen and oxygen atoms in total. The van der Waals surface area contributed by atoms with Gasteiger partial charge in [-0.3, -0.25) is 9.69 Å². The quantitative estimate of drug-likeness (QED) is 0.811. The number of rotatable bonds is 5. The predicted octanol–water partition coefficient (Wildman–Crippen LogP) is 4.71. The van der Waals surface area contributed by atoms with Crippen LogP contribution in [0.2, 0.25) is 5.02 Å². The van der Waals surface area contributed by atoms with Crippen molar-refractivity contribution in [2.24, 2.45) is 0 Å². The molecule has 0 atom stereocenters. The lowest BCUT2D eigenvalue weighted by molar-refractivity contribution is -0.141. The second-order valence-corrected chi connectivity index (χ2v) is 7.22. The summed E-state index contributed by atoms with van der Waals surface area (Å²) in [5.74, 6) is -0.711. The molecule has 0 bridgehead atoms. The zero-order valence-corrected chi connectivity index (χ0v) is 14.6. The van der Waals surface area contributed by atoms with E-state index in [1.54, 1.807) is 0 Å². The smallest absolute Gasteiger partial charge is 0.305 e. The molecule has 21 heavy (non-hydrogen) atoms. The lowest BCUT2D eigenvalue weighted by Gasteiger charge is -2.44. The maximum Gasteiger partial charge on any atom is 0.305 e. The van der Waals surface area contributed by atoms with Crippen LogP contribution in [0.4, 0.5) is 0 Å². The first-order chi connectivity index (χ1) is 9.93. The maximum atomic E-state index is 11.3. The maximum absolute atomic E-state index is 11.3. The number of carboxylic acid groups (broad SMARTS) is 1. The molecular weight excluding hydrogens is 354 g/mol. The highest BCUT2D eigenvalue weighted by Crippen LogP contribution is 2.37. The van der Waals surface area contributed by atoms with Crippen molar-refractivity contribution in [2.45, 2.75) is 50.6 Å². The van der Waals surface area contributed by atoms with E-state index in [9.17, 15) is 9.90 Å². The lowest BCUT2D eigenvalue weighted by atomic mass is 9.78. The molecule has 1 saturated carbocycles. The van der Waals surface area contributed by atoms with Crippen molar-refractivity contribution < 1.29 is 9.90 Å². The molecule has 0 aromatic heterocycles. The number of hydrogen-bond donors (Lipinski definition) is 1. The Morgan fingerprint density at radius 3 is 2.62 bits per heavy atom. The van der Waals surface area contributed by atoms with Gasteiger partial charge in [-0.25, -0.2) is 0 Å². The molecule has 1 N–H and O–H groups in total. The molecule has 0 saturated heterocycles. The predicted molar refractivity (Wildman–Crippen MR) is 88.7 cm³/mol. The summed E-state index contributed by atoms with van der Waals surface area (Å²) in [6.07, 6.45) is 5.56. The van der Waals surface area contributed by atoms with E-state index in [0.29, 0.717) is 5.02 Å². The highest BCUT2D eigenvalue weighted by molar-refractivity contribution is 9.10. The van der Waals surface area contributed by atoms with Crippen molar-refractivity contribution in [3.8, 4) is 0 Å². The summed E-state index contributed by atoms with van der Waals surface area (Å²) in [5, 5.41) is 9.96. The van der Waals surface area contributed by atoms with E-state index < -0.39 is 5.97 Å². The van der Waals surface area contributed by atoms with Crippen molar-refractivity contribution in [3.63, 3.8) is 0 Å². The van der Waals surface area contributed by atoms with Crippen LogP contribution in [0.5, 0.6) is 0 Å². The summed E-state index contributed by atoms with van der Waals surface area (Å²) in [7, 11) is 2.03. The van der Waals surface area contributed by atoms with Gasteiger partial charge in [0.15, 0.2) is 0 Å². The van der Waals surface area contributed by atoms with E-state index in [1.807, 2.05) is 25.2 Å². The van der Waals surface area contributed by atoms with Crippen LogP contribution in [0.15, 0.2) is 22.7 Å². The fourth-order valence-electron chi connectivity index (χ4n) is 3.26. The summed E-state index contributed by atoms with van der Waals surface area (Å²) < 4.78 is 0.883. The zero-order valence-electron chi connectivity index (χ0n) is 12.2. The molecule has 0 unspecified atom stereocenters. The van der Waals surface area contributed by atoms with Crippen LogP contribution >= 0.6 is 27.5 Å². The molecule has 0 spiro atoms. The van der Waals surface area contributed by atoms with Crippen LogP contribution in [0.25, 0.3) is 0 Å². The first kappa shape index (κ1) is 16.8. The molecule has 0 aliphatic heterocycles. The van der Waals surface area contributed by atoms with E-state index in [1.165, 1.54) is 6.42 Å². The Hall–Kier alpha value is -0.580. The van der Waals surface area contributed by atoms with Crippen molar-refractivity contribution in [1.29, 1.82) is 0 Å². The molecule has 1 aliphatic rings. The van der Waals surface area contributed by atoms with E-state index in [2.05, 4.69) is 20.8 Å². The molecule has 5 heteroatoms. The second-order valence-electron chi connectivity index (χ2n) is 5.96. The normalized spacial score (nSPS) is 17.9. The van der Waals surface area contributed by atoms with Gasteiger partial charge in [-0.2, -0.15) is 0 Å². The number of aliphatic carboxylic acids is 1. The van der Waals surface area contributed by atoms with Crippen molar-refractivity contribution in [3.05, 3.63) is 33.3 Å². The van der Waals surface area contributed by atoms with Crippen LogP contribution < -0.4 is 0 Å². The molecule has 0 heterocycles. The number of hydrogen-bond acceptors (Lipinski definition) is 2. The minimum Gasteiger partial charge on any atom is -0.481 e. The number of halogens is 2. The fraction of sp³-hybridized carbons (Fsp3) is 0.562. The van der Waals surface area contributed by atoms with E-state index >= 15 is 0 Å². The molecule has 1 aliphatic carbocycles. The van der Waals surface area contributed by atoms with E-state index in [0.717, 1.165) is 42.3 Å². The standard InChI is InChI=1S/C16H21BrClNO2/c1-19(11-12-5-6-13(17)14(18)9-12)16(10-15(20)21)7-3-2-4-8-16/h5-6,9H,2-4,7-8,10-11H2,1H3,(H,20,21). The van der Waals surface area contributed by atoms with Crippen molar-refractivity contribution >= 4 is 33.5 Å². The van der Waals surface area contributed by atoms with Gasteiger partial charge < -0.3 is 5.11 Å². The lowest BCUT2D eigenvalue weighted by Crippen LogP contribution is -2.49. The van der Waals surface area contributed by atoms with Gasteiger partial charge in [-0.1, -0.05) is 36.9 Å². The summed E-state index contributed by atoms with van der Waals surface area (Å²) in [6.45, 7) is 0.722. The van der Waals surface area contributed by atoms with Crippen LogP contribution in [-0.2, 0) is 11.3 Å². The Balaban J connectivity index is 2.15. The highest BCUT2D eigenvalue weighted by atomic mass is 79.9. The van der Waals surface area contributed by atoms with E-state index in [-0.39, 0.29) is 12.0 Å².